The molecule has 1 N–H and O–H groups in total. The fraction of sp³-hybridized carbons (Fsp3) is 0.353. The van der Waals surface area contributed by atoms with E-state index in [-0.39, 0.29) is 24.3 Å². The first kappa shape index (κ1) is 30.8. The molecule has 3 heterocycles. The number of pyridine rings is 1. The predicted molar refractivity (Wildman–Crippen MR) is 175 cm³/mol. The van der Waals surface area contributed by atoms with Gasteiger partial charge in [0.25, 0.3) is 11.8 Å². The van der Waals surface area contributed by atoms with Crippen molar-refractivity contribution in [2.75, 3.05) is 11.9 Å². The number of fused-ring (bicyclic) bond motifs is 2. The molecule has 43 heavy (non-hydrogen) atoms. The van der Waals surface area contributed by atoms with Crippen LogP contribution < -0.4 is 5.32 Å². The molecule has 0 saturated carbocycles. The highest BCUT2D eigenvalue weighted by Gasteiger charge is 2.45. The molecule has 2 aromatic heterocycles. The van der Waals surface area contributed by atoms with Crippen molar-refractivity contribution in [1.82, 2.24) is 9.88 Å². The van der Waals surface area contributed by atoms with Crippen LogP contribution >= 0.6 is 11.3 Å². The molecule has 224 valence electrons. The van der Waals surface area contributed by atoms with Crippen molar-refractivity contribution in [2.45, 2.75) is 70.7 Å². The lowest BCUT2D eigenvalue weighted by atomic mass is 9.96. The number of carbonyl (C=O) groups is 3. The van der Waals surface area contributed by atoms with Crippen LogP contribution in [0.4, 0.5) is 5.00 Å². The number of nitrogens with zero attached hydrogens (tertiary/aromatic N) is 2. The SMILES string of the molecule is CC(C)[Si](OCc1ccc([C@@H](CN2C(=O)c3ccccc3C2=O)C(=O)Nc2cc3ccncc3s2)cc1)(C(C)C)C(C)C. The maximum absolute atomic E-state index is 13.8. The van der Waals surface area contributed by atoms with Gasteiger partial charge in [-0.15, -0.1) is 11.3 Å². The van der Waals surface area contributed by atoms with Crippen LogP contribution in [-0.2, 0) is 15.8 Å². The smallest absolute Gasteiger partial charge is 0.261 e. The molecule has 0 aliphatic carbocycles. The van der Waals surface area contributed by atoms with Gasteiger partial charge in [0.05, 0.1) is 33.4 Å². The molecule has 7 nitrogen and oxygen atoms in total. The summed E-state index contributed by atoms with van der Waals surface area (Å²) in [5.41, 5.74) is 3.91. The van der Waals surface area contributed by atoms with E-state index in [9.17, 15) is 14.4 Å². The van der Waals surface area contributed by atoms with Gasteiger partial charge in [-0.2, -0.15) is 0 Å². The van der Waals surface area contributed by atoms with Gasteiger partial charge < -0.3 is 9.74 Å². The Balaban J connectivity index is 1.41. The Morgan fingerprint density at radius 2 is 1.51 bits per heavy atom. The third-order valence-corrected chi connectivity index (χ3v) is 15.8. The molecular formula is C34H39N3O4SSi. The average molecular weight is 614 g/mol. The summed E-state index contributed by atoms with van der Waals surface area (Å²) in [6, 6.07) is 18.4. The van der Waals surface area contributed by atoms with Crippen LogP contribution in [0.15, 0.2) is 73.1 Å². The highest BCUT2D eigenvalue weighted by atomic mass is 32.1. The van der Waals surface area contributed by atoms with Crippen LogP contribution in [0.2, 0.25) is 16.6 Å². The summed E-state index contributed by atoms with van der Waals surface area (Å²) in [7, 11) is -2.04. The maximum Gasteiger partial charge on any atom is 0.261 e. The first-order chi connectivity index (χ1) is 20.5. The van der Waals surface area contributed by atoms with Crippen molar-refractivity contribution < 1.29 is 18.8 Å². The molecule has 1 atom stereocenters. The molecule has 4 aromatic rings. The highest BCUT2D eigenvalue weighted by molar-refractivity contribution is 7.22. The molecule has 2 aromatic carbocycles. The van der Waals surface area contributed by atoms with Crippen molar-refractivity contribution in [3.8, 4) is 0 Å². The van der Waals surface area contributed by atoms with E-state index in [1.54, 1.807) is 36.7 Å². The number of imide groups is 1. The van der Waals surface area contributed by atoms with Crippen molar-refractivity contribution in [2.24, 2.45) is 0 Å². The van der Waals surface area contributed by atoms with Gasteiger partial charge in [0, 0.05) is 18.9 Å². The Kier molecular flexibility index (Phi) is 8.96. The number of anilines is 1. The molecule has 0 bridgehead atoms. The van der Waals surface area contributed by atoms with Crippen LogP contribution in [-0.4, -0.2) is 42.5 Å². The number of rotatable bonds is 11. The quantitative estimate of drug-likeness (QED) is 0.137. The standard InChI is InChI=1S/C34H39N3O4SSi/c1-21(2)43(22(3)4,23(5)6)41-20-24-11-13-25(14-12-24)29(19-37-33(39)27-9-7-8-10-28(27)34(37)40)32(38)36-31-17-26-15-16-35-18-30(26)42-31/h7-18,21-23,29H,19-20H2,1-6H3,(H,36,38)/t29-/m1/s1. The summed E-state index contributed by atoms with van der Waals surface area (Å²) in [6.45, 7) is 14.1. The first-order valence-corrected chi connectivity index (χ1v) is 17.8. The van der Waals surface area contributed by atoms with Gasteiger partial charge in [-0.1, -0.05) is 77.9 Å². The largest absolute Gasteiger partial charge is 0.412 e. The number of hydrogen-bond donors (Lipinski definition) is 1. The van der Waals surface area contributed by atoms with Gasteiger partial charge in [0.15, 0.2) is 0 Å². The van der Waals surface area contributed by atoms with E-state index in [1.165, 1.54) is 16.2 Å². The summed E-state index contributed by atoms with van der Waals surface area (Å²) in [5.74, 6) is -1.82. The molecule has 9 heteroatoms. The zero-order chi connectivity index (χ0) is 30.9. The van der Waals surface area contributed by atoms with Crippen LogP contribution in [0.3, 0.4) is 0 Å². The molecule has 1 aliphatic rings. The lowest BCUT2D eigenvalue weighted by Gasteiger charge is -2.42. The summed E-state index contributed by atoms with van der Waals surface area (Å²) < 4.78 is 7.75. The highest BCUT2D eigenvalue weighted by Crippen LogP contribution is 2.43. The van der Waals surface area contributed by atoms with E-state index in [1.807, 2.05) is 36.4 Å². The third kappa shape index (κ3) is 5.94. The van der Waals surface area contributed by atoms with Gasteiger partial charge in [-0.05, 0) is 57.4 Å². The molecule has 0 spiro atoms. The Bertz CT molecular complexity index is 1560. The molecule has 5 rings (SSSR count). The second-order valence-electron chi connectivity index (χ2n) is 12.2. The first-order valence-electron chi connectivity index (χ1n) is 14.8. The fourth-order valence-electron chi connectivity index (χ4n) is 6.64. The predicted octanol–water partition coefficient (Wildman–Crippen LogP) is 8.01. The van der Waals surface area contributed by atoms with E-state index in [0.29, 0.717) is 39.4 Å². The van der Waals surface area contributed by atoms with E-state index in [4.69, 9.17) is 4.43 Å². The Morgan fingerprint density at radius 1 is 0.907 bits per heavy atom. The van der Waals surface area contributed by atoms with Gasteiger partial charge >= 0.3 is 0 Å². The molecule has 3 amide bonds. The fourth-order valence-corrected chi connectivity index (χ4v) is 13.0. The summed E-state index contributed by atoms with van der Waals surface area (Å²) in [6.07, 6.45) is 3.48. The molecular weight excluding hydrogens is 575 g/mol. The minimum atomic E-state index is -2.04. The van der Waals surface area contributed by atoms with Gasteiger partial charge in [-0.3, -0.25) is 24.3 Å². The number of carbonyl (C=O) groups excluding carboxylic acids is 3. The Morgan fingerprint density at radius 3 is 2.07 bits per heavy atom. The molecule has 0 saturated heterocycles. The zero-order valence-electron chi connectivity index (χ0n) is 25.6. The van der Waals surface area contributed by atoms with E-state index in [2.05, 4.69) is 51.8 Å². The van der Waals surface area contributed by atoms with E-state index >= 15 is 0 Å². The Hall–Kier alpha value is -3.66. The van der Waals surface area contributed by atoms with Crippen LogP contribution in [0.25, 0.3) is 10.1 Å². The normalized spacial score (nSPS) is 14.3. The molecule has 0 fully saturated rings. The number of hydrogen-bond acceptors (Lipinski definition) is 6. The monoisotopic (exact) mass is 613 g/mol. The molecule has 0 radical (unpaired) electrons. The van der Waals surface area contributed by atoms with E-state index in [0.717, 1.165) is 21.2 Å². The van der Waals surface area contributed by atoms with Crippen molar-refractivity contribution in [1.29, 1.82) is 0 Å². The van der Waals surface area contributed by atoms with Crippen LogP contribution in [0.5, 0.6) is 0 Å². The lowest BCUT2D eigenvalue weighted by molar-refractivity contribution is -0.117. The minimum absolute atomic E-state index is 0.0649. The van der Waals surface area contributed by atoms with Crippen molar-refractivity contribution in [3.05, 3.63) is 95.3 Å². The summed E-state index contributed by atoms with van der Waals surface area (Å²) >= 11 is 1.44. The third-order valence-electron chi connectivity index (χ3n) is 8.71. The number of amides is 3. The summed E-state index contributed by atoms with van der Waals surface area (Å²) in [4.78, 5) is 45.7. The number of benzene rings is 2. The van der Waals surface area contributed by atoms with Gasteiger partial charge in [-0.25, -0.2) is 0 Å². The lowest BCUT2D eigenvalue weighted by Crippen LogP contribution is -2.47. The van der Waals surface area contributed by atoms with Crippen molar-refractivity contribution >= 4 is 52.5 Å². The van der Waals surface area contributed by atoms with E-state index < -0.39 is 14.2 Å². The van der Waals surface area contributed by atoms with Crippen LogP contribution in [0.1, 0.15) is 79.3 Å². The number of aromatic nitrogens is 1. The zero-order valence-corrected chi connectivity index (χ0v) is 27.4. The van der Waals surface area contributed by atoms with Crippen molar-refractivity contribution in [3.63, 3.8) is 0 Å². The average Bonchev–Trinajstić information content (AvgIpc) is 3.49. The second-order valence-corrected chi connectivity index (χ2v) is 18.7. The van der Waals surface area contributed by atoms with Crippen LogP contribution in [0, 0.1) is 0 Å². The Labute approximate surface area is 258 Å². The summed E-state index contributed by atoms with van der Waals surface area (Å²) in [5, 5.41) is 4.70. The second kappa shape index (κ2) is 12.5. The molecule has 1 aliphatic heterocycles. The topological polar surface area (TPSA) is 88.6 Å². The molecule has 0 unspecified atom stereocenters. The number of thiophene rings is 1. The maximum atomic E-state index is 13.8. The van der Waals surface area contributed by atoms with Gasteiger partial charge in [0.2, 0.25) is 14.2 Å². The minimum Gasteiger partial charge on any atom is -0.412 e. The van der Waals surface area contributed by atoms with Gasteiger partial charge in [0.1, 0.15) is 0 Å². The number of nitrogens with one attached hydrogen (secondary N) is 1.